The molecular weight excluding hydrogens is 120 g/mol. The van der Waals surface area contributed by atoms with Gasteiger partial charge in [0.15, 0.2) is 0 Å². The SMILES string of the molecule is C=CC=CCC=CC(=C)C. The standard InChI is InChI=1S/C10H14/c1-4-5-6-7-8-9-10(2)3/h4-6,8-9H,1-2,7H2,3H3. The van der Waals surface area contributed by atoms with Crippen LogP contribution in [-0.2, 0) is 0 Å². The maximum absolute atomic E-state index is 3.74. The van der Waals surface area contributed by atoms with Crippen molar-refractivity contribution in [2.75, 3.05) is 0 Å². The van der Waals surface area contributed by atoms with E-state index in [1.165, 1.54) is 0 Å². The van der Waals surface area contributed by atoms with Crippen LogP contribution in [0.25, 0.3) is 0 Å². The Bertz CT molecular complexity index is 159. The number of hydrogen-bond donors (Lipinski definition) is 0. The van der Waals surface area contributed by atoms with Gasteiger partial charge in [0.1, 0.15) is 0 Å². The highest BCUT2D eigenvalue weighted by Gasteiger charge is 1.71. The molecule has 0 amide bonds. The largest absolute Gasteiger partial charge is 0.0991 e. The van der Waals surface area contributed by atoms with Gasteiger partial charge in [-0.05, 0) is 13.3 Å². The van der Waals surface area contributed by atoms with E-state index >= 15 is 0 Å². The Morgan fingerprint density at radius 3 is 2.60 bits per heavy atom. The molecule has 0 nitrogen and oxygen atoms in total. The van der Waals surface area contributed by atoms with E-state index in [-0.39, 0.29) is 0 Å². The zero-order valence-electron chi connectivity index (χ0n) is 6.51. The highest BCUT2D eigenvalue weighted by atomic mass is 13.8. The first-order valence-corrected chi connectivity index (χ1v) is 3.37. The summed E-state index contributed by atoms with van der Waals surface area (Å²) >= 11 is 0. The predicted octanol–water partition coefficient (Wildman–Crippen LogP) is 3.25. The minimum atomic E-state index is 0.957. The van der Waals surface area contributed by atoms with Crippen LogP contribution in [0.3, 0.4) is 0 Å². The minimum absolute atomic E-state index is 0.957. The smallest absolute Gasteiger partial charge is 0.0163 e. The molecule has 0 radical (unpaired) electrons. The molecule has 0 N–H and O–H groups in total. The van der Waals surface area contributed by atoms with Gasteiger partial charge < -0.3 is 0 Å². The van der Waals surface area contributed by atoms with Crippen molar-refractivity contribution in [3.05, 3.63) is 49.1 Å². The summed E-state index contributed by atoms with van der Waals surface area (Å²) in [5, 5.41) is 0. The van der Waals surface area contributed by atoms with Crippen LogP contribution in [-0.4, -0.2) is 0 Å². The summed E-state index contributed by atoms with van der Waals surface area (Å²) < 4.78 is 0. The fourth-order valence-corrected chi connectivity index (χ4v) is 0.523. The average molecular weight is 134 g/mol. The van der Waals surface area contributed by atoms with Crippen LogP contribution < -0.4 is 0 Å². The molecule has 0 saturated carbocycles. The molecule has 0 fully saturated rings. The third kappa shape index (κ3) is 6.96. The molecular formula is C10H14. The predicted molar refractivity (Wildman–Crippen MR) is 47.9 cm³/mol. The second-order valence-corrected chi connectivity index (χ2v) is 2.15. The van der Waals surface area contributed by atoms with E-state index in [1.807, 2.05) is 25.2 Å². The Morgan fingerprint density at radius 1 is 1.40 bits per heavy atom. The third-order valence-corrected chi connectivity index (χ3v) is 0.947. The average Bonchev–Trinajstić information content (AvgIpc) is 1.87. The van der Waals surface area contributed by atoms with Gasteiger partial charge in [0.05, 0.1) is 0 Å². The Morgan fingerprint density at radius 2 is 2.10 bits per heavy atom. The number of hydrogen-bond acceptors (Lipinski definition) is 0. The van der Waals surface area contributed by atoms with Crippen LogP contribution in [0.4, 0.5) is 0 Å². The molecule has 0 aliphatic carbocycles. The topological polar surface area (TPSA) is 0 Å². The molecule has 0 spiro atoms. The van der Waals surface area contributed by atoms with Crippen molar-refractivity contribution in [1.29, 1.82) is 0 Å². The lowest BCUT2D eigenvalue weighted by atomic mass is 10.3. The Balaban J connectivity index is 3.44. The van der Waals surface area contributed by atoms with E-state index in [0.717, 1.165) is 12.0 Å². The molecule has 0 rings (SSSR count). The van der Waals surface area contributed by atoms with Gasteiger partial charge in [-0.1, -0.05) is 49.1 Å². The fraction of sp³-hybridized carbons (Fsp3) is 0.200. The zero-order chi connectivity index (χ0) is 7.82. The van der Waals surface area contributed by atoms with E-state index in [2.05, 4.69) is 19.2 Å². The van der Waals surface area contributed by atoms with Crippen molar-refractivity contribution in [2.45, 2.75) is 13.3 Å². The molecule has 0 saturated heterocycles. The van der Waals surface area contributed by atoms with Crippen LogP contribution in [0.2, 0.25) is 0 Å². The van der Waals surface area contributed by atoms with Gasteiger partial charge in [0, 0.05) is 0 Å². The van der Waals surface area contributed by atoms with Crippen LogP contribution in [0.15, 0.2) is 49.1 Å². The van der Waals surface area contributed by atoms with Crippen molar-refractivity contribution in [1.82, 2.24) is 0 Å². The Labute approximate surface area is 63.3 Å². The maximum Gasteiger partial charge on any atom is -0.0163 e. The second kappa shape index (κ2) is 6.09. The molecule has 0 aromatic heterocycles. The number of allylic oxidation sites excluding steroid dienone is 6. The first kappa shape index (κ1) is 8.96. The van der Waals surface area contributed by atoms with E-state index in [9.17, 15) is 0 Å². The first-order chi connectivity index (χ1) is 4.77. The molecule has 0 aromatic carbocycles. The van der Waals surface area contributed by atoms with Gasteiger partial charge in [-0.3, -0.25) is 0 Å². The lowest BCUT2D eigenvalue weighted by Crippen LogP contribution is -1.61. The van der Waals surface area contributed by atoms with Gasteiger partial charge in [0.25, 0.3) is 0 Å². The highest BCUT2D eigenvalue weighted by molar-refractivity contribution is 5.12. The summed E-state index contributed by atoms with van der Waals surface area (Å²) in [5.74, 6) is 0. The van der Waals surface area contributed by atoms with Crippen molar-refractivity contribution >= 4 is 0 Å². The van der Waals surface area contributed by atoms with Gasteiger partial charge in [-0.15, -0.1) is 0 Å². The number of rotatable bonds is 4. The quantitative estimate of drug-likeness (QED) is 0.518. The lowest BCUT2D eigenvalue weighted by Gasteiger charge is -1.82. The summed E-state index contributed by atoms with van der Waals surface area (Å²) in [6.45, 7) is 9.29. The third-order valence-electron chi connectivity index (χ3n) is 0.947. The van der Waals surface area contributed by atoms with Gasteiger partial charge in [-0.25, -0.2) is 0 Å². The molecule has 0 aliphatic rings. The van der Waals surface area contributed by atoms with Crippen molar-refractivity contribution in [2.24, 2.45) is 0 Å². The summed E-state index contributed by atoms with van der Waals surface area (Å²) in [6, 6.07) is 0. The van der Waals surface area contributed by atoms with Crippen LogP contribution >= 0.6 is 0 Å². The summed E-state index contributed by atoms with van der Waals surface area (Å²) in [6.07, 6.45) is 10.8. The molecule has 10 heavy (non-hydrogen) atoms. The first-order valence-electron chi connectivity index (χ1n) is 3.37. The molecule has 0 bridgehead atoms. The van der Waals surface area contributed by atoms with Crippen molar-refractivity contribution in [3.8, 4) is 0 Å². The minimum Gasteiger partial charge on any atom is -0.0991 e. The lowest BCUT2D eigenvalue weighted by molar-refractivity contribution is 1.37. The highest BCUT2D eigenvalue weighted by Crippen LogP contribution is 1.92. The van der Waals surface area contributed by atoms with E-state index in [0.29, 0.717) is 0 Å². The van der Waals surface area contributed by atoms with Crippen LogP contribution in [0.1, 0.15) is 13.3 Å². The van der Waals surface area contributed by atoms with E-state index < -0.39 is 0 Å². The molecule has 0 aromatic rings. The normalized spacial score (nSPS) is 10.9. The van der Waals surface area contributed by atoms with Crippen LogP contribution in [0, 0.1) is 0 Å². The summed E-state index contributed by atoms with van der Waals surface area (Å²) in [4.78, 5) is 0. The Hall–Kier alpha value is -1.04. The van der Waals surface area contributed by atoms with Gasteiger partial charge in [-0.2, -0.15) is 0 Å². The molecule has 54 valence electrons. The molecule has 0 atom stereocenters. The van der Waals surface area contributed by atoms with Crippen molar-refractivity contribution in [3.63, 3.8) is 0 Å². The Kier molecular flexibility index (Phi) is 5.45. The fourth-order valence-electron chi connectivity index (χ4n) is 0.523. The molecule has 0 aliphatic heterocycles. The van der Waals surface area contributed by atoms with E-state index in [4.69, 9.17) is 0 Å². The summed E-state index contributed by atoms with van der Waals surface area (Å²) in [5.41, 5.74) is 1.09. The van der Waals surface area contributed by atoms with Crippen LogP contribution in [0.5, 0.6) is 0 Å². The van der Waals surface area contributed by atoms with Crippen molar-refractivity contribution < 1.29 is 0 Å². The molecule has 0 unspecified atom stereocenters. The molecule has 0 heterocycles. The molecule has 0 heteroatoms. The summed E-state index contributed by atoms with van der Waals surface area (Å²) in [7, 11) is 0. The van der Waals surface area contributed by atoms with E-state index in [1.54, 1.807) is 6.08 Å². The second-order valence-electron chi connectivity index (χ2n) is 2.15. The van der Waals surface area contributed by atoms with Gasteiger partial charge in [0.2, 0.25) is 0 Å². The van der Waals surface area contributed by atoms with Gasteiger partial charge >= 0.3 is 0 Å². The maximum atomic E-state index is 3.74. The zero-order valence-corrected chi connectivity index (χ0v) is 6.51. The monoisotopic (exact) mass is 134 g/mol.